The van der Waals surface area contributed by atoms with Gasteiger partial charge in [0.15, 0.2) is 5.82 Å². The molecule has 0 unspecified atom stereocenters. The van der Waals surface area contributed by atoms with Gasteiger partial charge in [-0.2, -0.15) is 0 Å². The number of aromatic nitrogens is 3. The Bertz CT molecular complexity index is 1200. The number of hydrogen-bond donors (Lipinski definition) is 1. The summed E-state index contributed by atoms with van der Waals surface area (Å²) in [6, 6.07) is 7.73. The van der Waals surface area contributed by atoms with Crippen molar-refractivity contribution in [2.45, 2.75) is 38.2 Å². The Labute approximate surface area is 197 Å². The third kappa shape index (κ3) is 6.13. The van der Waals surface area contributed by atoms with Gasteiger partial charge in [-0.25, -0.2) is 8.78 Å². The second kappa shape index (κ2) is 9.98. The molecule has 3 aromatic rings. The number of carbonyl (C=O) groups is 1. The predicted octanol–water partition coefficient (Wildman–Crippen LogP) is 3.47. The number of amides is 1. The zero-order valence-electron chi connectivity index (χ0n) is 18.4. The second-order valence-corrected chi connectivity index (χ2v) is 8.20. The van der Waals surface area contributed by atoms with Crippen LogP contribution < -0.4 is 10.5 Å². The molecule has 0 saturated carbocycles. The molecule has 1 atom stereocenters. The van der Waals surface area contributed by atoms with Crippen LogP contribution in [0, 0.1) is 11.6 Å². The van der Waals surface area contributed by atoms with Crippen LogP contribution in [0.2, 0.25) is 0 Å². The van der Waals surface area contributed by atoms with Gasteiger partial charge >= 0.3 is 6.36 Å². The quantitative estimate of drug-likeness (QED) is 0.530. The number of alkyl halides is 3. The fourth-order valence-electron chi connectivity index (χ4n) is 4.00. The second-order valence-electron chi connectivity index (χ2n) is 8.20. The SMILES string of the molecule is N[C@@H](CC(=O)N1CCc2nnc(-c3ccc(OC(F)(F)F)cc3)n2CC1)Cc1cc(F)ccc1F. The minimum atomic E-state index is -4.78. The van der Waals surface area contributed by atoms with Gasteiger partial charge in [0.1, 0.15) is 23.2 Å². The van der Waals surface area contributed by atoms with Gasteiger partial charge in [-0.3, -0.25) is 4.79 Å². The summed E-state index contributed by atoms with van der Waals surface area (Å²) in [7, 11) is 0. The van der Waals surface area contributed by atoms with Crippen molar-refractivity contribution in [3.63, 3.8) is 0 Å². The van der Waals surface area contributed by atoms with E-state index in [1.54, 1.807) is 4.90 Å². The molecule has 0 saturated heterocycles. The molecule has 0 fully saturated rings. The average molecular weight is 495 g/mol. The van der Waals surface area contributed by atoms with E-state index < -0.39 is 24.0 Å². The first-order valence-corrected chi connectivity index (χ1v) is 10.8. The molecule has 0 aliphatic carbocycles. The molecule has 1 aliphatic rings. The number of fused-ring (bicyclic) bond motifs is 1. The van der Waals surface area contributed by atoms with Crippen molar-refractivity contribution in [3.05, 3.63) is 65.5 Å². The van der Waals surface area contributed by atoms with E-state index in [0.29, 0.717) is 43.3 Å². The summed E-state index contributed by atoms with van der Waals surface area (Å²) in [6.45, 7) is 1.08. The van der Waals surface area contributed by atoms with E-state index in [4.69, 9.17) is 5.73 Å². The number of benzene rings is 2. The minimum absolute atomic E-state index is 0.0207. The van der Waals surface area contributed by atoms with Gasteiger partial charge in [-0.05, 0) is 54.4 Å². The van der Waals surface area contributed by atoms with Gasteiger partial charge in [0.25, 0.3) is 0 Å². The molecule has 0 spiro atoms. The van der Waals surface area contributed by atoms with E-state index >= 15 is 0 Å². The van der Waals surface area contributed by atoms with Crippen molar-refractivity contribution in [1.82, 2.24) is 19.7 Å². The van der Waals surface area contributed by atoms with Crippen molar-refractivity contribution in [2.75, 3.05) is 13.1 Å². The molecule has 12 heteroatoms. The summed E-state index contributed by atoms with van der Waals surface area (Å²) in [5.74, 6) is -0.615. The molecule has 2 heterocycles. The highest BCUT2D eigenvalue weighted by Gasteiger charge is 2.31. The number of rotatable bonds is 6. The maximum atomic E-state index is 13.9. The summed E-state index contributed by atoms with van der Waals surface area (Å²) < 4.78 is 70.1. The maximum absolute atomic E-state index is 13.9. The van der Waals surface area contributed by atoms with Crippen LogP contribution in [0.5, 0.6) is 5.75 Å². The van der Waals surface area contributed by atoms with Crippen molar-refractivity contribution >= 4 is 5.91 Å². The molecule has 0 radical (unpaired) electrons. The van der Waals surface area contributed by atoms with E-state index in [9.17, 15) is 26.7 Å². The molecule has 1 aromatic heterocycles. The summed E-state index contributed by atoms with van der Waals surface area (Å²) in [5, 5.41) is 8.32. The number of ether oxygens (including phenoxy) is 1. The van der Waals surface area contributed by atoms with E-state index in [1.807, 2.05) is 4.57 Å². The first-order chi connectivity index (χ1) is 16.6. The largest absolute Gasteiger partial charge is 0.573 e. The summed E-state index contributed by atoms with van der Waals surface area (Å²) in [5.41, 5.74) is 6.71. The van der Waals surface area contributed by atoms with E-state index in [0.717, 1.165) is 18.2 Å². The van der Waals surface area contributed by atoms with Gasteiger partial charge in [0, 0.05) is 44.1 Å². The topological polar surface area (TPSA) is 86.3 Å². The number of carbonyl (C=O) groups excluding carboxylic acids is 1. The molecule has 1 amide bonds. The molecule has 186 valence electrons. The van der Waals surface area contributed by atoms with Gasteiger partial charge in [-0.15, -0.1) is 23.4 Å². The van der Waals surface area contributed by atoms with E-state index in [1.165, 1.54) is 24.3 Å². The molecular formula is C23H22F5N5O2. The lowest BCUT2D eigenvalue weighted by atomic mass is 10.0. The smallest absolute Gasteiger partial charge is 0.406 e. The molecule has 0 bridgehead atoms. The highest BCUT2D eigenvalue weighted by atomic mass is 19.4. The van der Waals surface area contributed by atoms with Crippen LogP contribution in [0.25, 0.3) is 11.4 Å². The lowest BCUT2D eigenvalue weighted by Gasteiger charge is -2.22. The monoisotopic (exact) mass is 495 g/mol. The lowest BCUT2D eigenvalue weighted by molar-refractivity contribution is -0.274. The van der Waals surface area contributed by atoms with E-state index in [-0.39, 0.29) is 30.1 Å². The molecular weight excluding hydrogens is 473 g/mol. The molecule has 2 aromatic carbocycles. The summed E-state index contributed by atoms with van der Waals surface area (Å²) in [4.78, 5) is 14.4. The predicted molar refractivity (Wildman–Crippen MR) is 115 cm³/mol. The number of halogens is 5. The summed E-state index contributed by atoms with van der Waals surface area (Å²) in [6.07, 6.45) is -4.38. The fourth-order valence-corrected chi connectivity index (χ4v) is 4.00. The Morgan fingerprint density at radius 2 is 1.80 bits per heavy atom. The zero-order valence-corrected chi connectivity index (χ0v) is 18.4. The maximum Gasteiger partial charge on any atom is 0.573 e. The van der Waals surface area contributed by atoms with Gasteiger partial charge < -0.3 is 19.9 Å². The van der Waals surface area contributed by atoms with Crippen LogP contribution in [0.1, 0.15) is 17.8 Å². The van der Waals surface area contributed by atoms with Gasteiger partial charge in [0.05, 0.1) is 0 Å². The number of hydrogen-bond acceptors (Lipinski definition) is 5. The standard InChI is InChI=1S/C23H22F5N5O2/c24-16-3-6-19(25)15(11-16)12-17(29)13-21(34)32-8-7-20-30-31-22(33(20)10-9-32)14-1-4-18(5-2-14)35-23(26,27)28/h1-6,11,17H,7-10,12-13,29H2/t17-/m1/s1. The Morgan fingerprint density at radius 3 is 2.51 bits per heavy atom. The Balaban J connectivity index is 1.38. The zero-order chi connectivity index (χ0) is 25.2. The first kappa shape index (κ1) is 24.6. The summed E-state index contributed by atoms with van der Waals surface area (Å²) >= 11 is 0. The van der Waals surface area contributed by atoms with Crippen molar-refractivity contribution in [3.8, 4) is 17.1 Å². The van der Waals surface area contributed by atoms with Crippen LogP contribution in [0.3, 0.4) is 0 Å². The van der Waals surface area contributed by atoms with Crippen molar-refractivity contribution in [2.24, 2.45) is 5.73 Å². The first-order valence-electron chi connectivity index (χ1n) is 10.8. The van der Waals surface area contributed by atoms with Gasteiger partial charge in [-0.1, -0.05) is 0 Å². The van der Waals surface area contributed by atoms with Gasteiger partial charge in [0.2, 0.25) is 5.91 Å². The Hall–Kier alpha value is -3.54. The molecule has 4 rings (SSSR count). The van der Waals surface area contributed by atoms with Crippen LogP contribution in [-0.2, 0) is 24.2 Å². The van der Waals surface area contributed by atoms with Crippen LogP contribution in [0.4, 0.5) is 22.0 Å². The minimum Gasteiger partial charge on any atom is -0.406 e. The highest BCUT2D eigenvalue weighted by molar-refractivity contribution is 5.77. The molecule has 7 nitrogen and oxygen atoms in total. The highest BCUT2D eigenvalue weighted by Crippen LogP contribution is 2.27. The van der Waals surface area contributed by atoms with Crippen molar-refractivity contribution in [1.29, 1.82) is 0 Å². The Morgan fingerprint density at radius 1 is 1.06 bits per heavy atom. The lowest BCUT2D eigenvalue weighted by Crippen LogP contribution is -2.38. The number of nitrogens with two attached hydrogens (primary N) is 1. The third-order valence-electron chi connectivity index (χ3n) is 5.65. The molecule has 2 N–H and O–H groups in total. The van der Waals surface area contributed by atoms with Crippen LogP contribution in [0.15, 0.2) is 42.5 Å². The van der Waals surface area contributed by atoms with Crippen LogP contribution in [-0.4, -0.2) is 51.1 Å². The number of nitrogens with zero attached hydrogens (tertiary/aromatic N) is 4. The fraction of sp³-hybridized carbons (Fsp3) is 0.348. The third-order valence-corrected chi connectivity index (χ3v) is 5.65. The molecule has 1 aliphatic heterocycles. The average Bonchev–Trinajstić information content (AvgIpc) is 3.06. The van der Waals surface area contributed by atoms with Crippen molar-refractivity contribution < 1.29 is 31.5 Å². The molecule has 35 heavy (non-hydrogen) atoms. The van der Waals surface area contributed by atoms with Crippen LogP contribution >= 0.6 is 0 Å². The van der Waals surface area contributed by atoms with E-state index in [2.05, 4.69) is 14.9 Å². The Kier molecular flexibility index (Phi) is 7.01. The normalized spacial score (nSPS) is 14.9.